The number of hydrogen-bond acceptors (Lipinski definition) is 2. The highest BCUT2D eigenvalue weighted by molar-refractivity contribution is 5.26. The number of nitrogens with one attached hydrogen (secondary N) is 1. The van der Waals surface area contributed by atoms with E-state index in [9.17, 15) is 8.78 Å². The smallest absolute Gasteiger partial charge is 0.130 e. The van der Waals surface area contributed by atoms with E-state index in [4.69, 9.17) is 5.11 Å². The summed E-state index contributed by atoms with van der Waals surface area (Å²) in [4.78, 5) is 0. The van der Waals surface area contributed by atoms with Crippen LogP contribution in [0.25, 0.3) is 0 Å². The number of rotatable bonds is 5. The van der Waals surface area contributed by atoms with Crippen LogP contribution in [0, 0.1) is 11.6 Å². The van der Waals surface area contributed by atoms with E-state index < -0.39 is 11.6 Å². The molecule has 0 spiro atoms. The largest absolute Gasteiger partial charge is 0.508 e. The van der Waals surface area contributed by atoms with Gasteiger partial charge >= 0.3 is 0 Å². The van der Waals surface area contributed by atoms with Crippen molar-refractivity contribution in [3.05, 3.63) is 65.2 Å². The molecule has 0 unspecified atom stereocenters. The highest BCUT2D eigenvalue weighted by Crippen LogP contribution is 2.12. The third kappa shape index (κ3) is 3.76. The molecule has 2 N–H and O–H groups in total. The lowest BCUT2D eigenvalue weighted by Gasteiger charge is -2.07. The first-order chi connectivity index (χ1) is 9.16. The van der Waals surface area contributed by atoms with Crippen molar-refractivity contribution in [3.8, 4) is 5.75 Å². The Labute approximate surface area is 110 Å². The zero-order valence-corrected chi connectivity index (χ0v) is 10.4. The Bertz CT molecular complexity index is 520. The number of halogens is 2. The van der Waals surface area contributed by atoms with Crippen molar-refractivity contribution >= 4 is 0 Å². The van der Waals surface area contributed by atoms with Gasteiger partial charge in [0.2, 0.25) is 0 Å². The lowest BCUT2D eigenvalue weighted by molar-refractivity contribution is 0.475. The van der Waals surface area contributed by atoms with Crippen molar-refractivity contribution in [1.29, 1.82) is 0 Å². The molecule has 0 fully saturated rings. The molecule has 0 aromatic heterocycles. The molecular weight excluding hydrogens is 248 g/mol. The zero-order valence-electron chi connectivity index (χ0n) is 10.4. The van der Waals surface area contributed by atoms with Gasteiger partial charge in [-0.05, 0) is 42.8 Å². The number of phenols is 1. The van der Waals surface area contributed by atoms with Gasteiger partial charge in [0.1, 0.15) is 17.4 Å². The predicted molar refractivity (Wildman–Crippen MR) is 69.9 cm³/mol. The van der Waals surface area contributed by atoms with Crippen molar-refractivity contribution in [1.82, 2.24) is 5.32 Å². The Morgan fingerprint density at radius 1 is 0.947 bits per heavy atom. The molecule has 2 aromatic carbocycles. The van der Waals surface area contributed by atoms with Gasteiger partial charge < -0.3 is 10.4 Å². The summed E-state index contributed by atoms with van der Waals surface area (Å²) < 4.78 is 26.7. The fourth-order valence-corrected chi connectivity index (χ4v) is 1.81. The van der Waals surface area contributed by atoms with E-state index in [-0.39, 0.29) is 17.9 Å². The first-order valence-corrected chi connectivity index (χ1v) is 6.08. The van der Waals surface area contributed by atoms with Crippen LogP contribution in [0.1, 0.15) is 11.1 Å². The molecule has 2 rings (SSSR count). The quantitative estimate of drug-likeness (QED) is 0.813. The summed E-state index contributed by atoms with van der Waals surface area (Å²) in [6.07, 6.45) is 0.732. The summed E-state index contributed by atoms with van der Waals surface area (Å²) in [5, 5.41) is 12.1. The fraction of sp³-hybridized carbons (Fsp3) is 0.200. The molecule has 0 atom stereocenters. The molecule has 0 saturated heterocycles. The van der Waals surface area contributed by atoms with Crippen LogP contribution in [-0.4, -0.2) is 11.7 Å². The summed E-state index contributed by atoms with van der Waals surface area (Å²) in [6, 6.07) is 10.7. The molecule has 100 valence electrons. The third-order valence-corrected chi connectivity index (χ3v) is 2.89. The summed E-state index contributed by atoms with van der Waals surface area (Å²) in [7, 11) is 0. The molecular formula is C15H15F2NO. The van der Waals surface area contributed by atoms with Crippen molar-refractivity contribution in [2.45, 2.75) is 13.0 Å². The van der Waals surface area contributed by atoms with Gasteiger partial charge in [-0.15, -0.1) is 0 Å². The number of hydrogen-bond donors (Lipinski definition) is 2. The second-order valence-electron chi connectivity index (χ2n) is 4.29. The van der Waals surface area contributed by atoms with Crippen LogP contribution in [-0.2, 0) is 13.0 Å². The van der Waals surface area contributed by atoms with Crippen LogP contribution in [0.4, 0.5) is 8.78 Å². The van der Waals surface area contributed by atoms with Crippen molar-refractivity contribution in [2.75, 3.05) is 6.54 Å². The van der Waals surface area contributed by atoms with Crippen LogP contribution < -0.4 is 5.32 Å². The minimum atomic E-state index is -0.530. The predicted octanol–water partition coefficient (Wildman–Crippen LogP) is 3.00. The molecule has 2 nitrogen and oxygen atoms in total. The van der Waals surface area contributed by atoms with Gasteiger partial charge in [-0.1, -0.05) is 18.2 Å². The minimum absolute atomic E-state index is 0.0632. The molecule has 0 radical (unpaired) electrons. The molecule has 0 saturated carbocycles. The summed E-state index contributed by atoms with van der Waals surface area (Å²) in [5.41, 5.74) is 1.12. The van der Waals surface area contributed by atoms with E-state index in [1.165, 1.54) is 18.2 Å². The molecule has 0 bridgehead atoms. The molecule has 0 amide bonds. The first-order valence-electron chi connectivity index (χ1n) is 6.08. The maximum atomic E-state index is 13.3. The maximum Gasteiger partial charge on any atom is 0.130 e. The minimum Gasteiger partial charge on any atom is -0.508 e. The van der Waals surface area contributed by atoms with Crippen molar-refractivity contribution in [2.24, 2.45) is 0 Å². The van der Waals surface area contributed by atoms with E-state index in [1.807, 2.05) is 12.1 Å². The van der Waals surface area contributed by atoms with Gasteiger partial charge in [-0.2, -0.15) is 0 Å². The van der Waals surface area contributed by atoms with Crippen LogP contribution in [0.2, 0.25) is 0 Å². The van der Waals surface area contributed by atoms with E-state index >= 15 is 0 Å². The molecule has 19 heavy (non-hydrogen) atoms. The van der Waals surface area contributed by atoms with Gasteiger partial charge in [0.15, 0.2) is 0 Å². The van der Waals surface area contributed by atoms with Crippen molar-refractivity contribution in [3.63, 3.8) is 0 Å². The van der Waals surface area contributed by atoms with E-state index in [2.05, 4.69) is 5.32 Å². The normalized spacial score (nSPS) is 10.6. The van der Waals surface area contributed by atoms with Crippen LogP contribution in [0.5, 0.6) is 5.75 Å². The number of benzene rings is 2. The van der Waals surface area contributed by atoms with Crippen molar-refractivity contribution < 1.29 is 13.9 Å². The Balaban J connectivity index is 1.82. The molecule has 0 aliphatic carbocycles. The highest BCUT2D eigenvalue weighted by atomic mass is 19.1. The molecule has 2 aromatic rings. The Kier molecular flexibility index (Phi) is 4.47. The second kappa shape index (κ2) is 6.29. The number of aromatic hydroxyl groups is 1. The molecule has 4 heteroatoms. The Hall–Kier alpha value is -1.94. The summed E-state index contributed by atoms with van der Waals surface area (Å²) in [5.74, 6) is -0.834. The Morgan fingerprint density at radius 2 is 1.58 bits per heavy atom. The summed E-state index contributed by atoms with van der Waals surface area (Å²) >= 11 is 0. The topological polar surface area (TPSA) is 32.3 Å². The lowest BCUT2D eigenvalue weighted by Crippen LogP contribution is -2.18. The van der Waals surface area contributed by atoms with Gasteiger partial charge in [-0.3, -0.25) is 0 Å². The summed E-state index contributed by atoms with van der Waals surface area (Å²) in [6.45, 7) is 0.773. The Morgan fingerprint density at radius 3 is 2.21 bits per heavy atom. The lowest BCUT2D eigenvalue weighted by atomic mass is 10.1. The molecule has 0 heterocycles. The standard InChI is InChI=1S/C15H15F2NO/c16-14-2-1-3-15(17)13(14)10-18-9-8-11-4-6-12(19)7-5-11/h1-7,18-19H,8-10H2. The fourth-order valence-electron chi connectivity index (χ4n) is 1.81. The van der Waals surface area contributed by atoms with Crippen LogP contribution >= 0.6 is 0 Å². The van der Waals surface area contributed by atoms with Gasteiger partial charge in [0, 0.05) is 12.1 Å². The maximum absolute atomic E-state index is 13.3. The van der Waals surface area contributed by atoms with E-state index in [0.29, 0.717) is 6.54 Å². The zero-order chi connectivity index (χ0) is 13.7. The van der Waals surface area contributed by atoms with Gasteiger partial charge in [-0.25, -0.2) is 8.78 Å². The van der Waals surface area contributed by atoms with Gasteiger partial charge in [0.25, 0.3) is 0 Å². The van der Waals surface area contributed by atoms with E-state index in [1.54, 1.807) is 12.1 Å². The van der Waals surface area contributed by atoms with Gasteiger partial charge in [0.05, 0.1) is 0 Å². The molecule has 0 aliphatic rings. The SMILES string of the molecule is Oc1ccc(CCNCc2c(F)cccc2F)cc1. The van der Waals surface area contributed by atoms with E-state index in [0.717, 1.165) is 12.0 Å². The average Bonchev–Trinajstić information content (AvgIpc) is 2.39. The third-order valence-electron chi connectivity index (χ3n) is 2.89. The number of phenolic OH excluding ortho intramolecular Hbond substituents is 1. The van der Waals surface area contributed by atoms with Crippen LogP contribution in [0.3, 0.4) is 0 Å². The van der Waals surface area contributed by atoms with Crippen LogP contribution in [0.15, 0.2) is 42.5 Å². The average molecular weight is 263 g/mol. The highest BCUT2D eigenvalue weighted by Gasteiger charge is 2.07. The monoisotopic (exact) mass is 263 g/mol. The molecule has 0 aliphatic heterocycles. The second-order valence-corrected chi connectivity index (χ2v) is 4.29. The first kappa shape index (κ1) is 13.5.